The van der Waals surface area contributed by atoms with Crippen LogP contribution in [0.5, 0.6) is 0 Å². The third kappa shape index (κ3) is 4.03. The number of aromatic nitrogens is 1. The Morgan fingerprint density at radius 1 is 1.19 bits per heavy atom. The maximum atomic E-state index is 12.5. The lowest BCUT2D eigenvalue weighted by Gasteiger charge is -2.31. The van der Waals surface area contributed by atoms with Crippen LogP contribution >= 0.6 is 11.3 Å². The Morgan fingerprint density at radius 2 is 1.93 bits per heavy atom. The van der Waals surface area contributed by atoms with E-state index in [1.54, 1.807) is 11.3 Å². The van der Waals surface area contributed by atoms with Crippen molar-refractivity contribution in [3.8, 4) is 10.6 Å². The summed E-state index contributed by atoms with van der Waals surface area (Å²) in [4.78, 5) is 19.4. The Balaban J connectivity index is 1.45. The molecule has 3 aromatic rings. The number of hydrogen-bond acceptors (Lipinski definition) is 5. The molecule has 1 aliphatic rings. The van der Waals surface area contributed by atoms with E-state index in [0.717, 1.165) is 34.9 Å². The molecule has 0 radical (unpaired) electrons. The number of ether oxygens (including phenoxy) is 1. The predicted octanol–water partition coefficient (Wildman–Crippen LogP) is 3.93. The van der Waals surface area contributed by atoms with Gasteiger partial charge in [0.2, 0.25) is 5.91 Å². The average Bonchev–Trinajstić information content (AvgIpc) is 3.11. The van der Waals surface area contributed by atoms with Crippen LogP contribution in [-0.2, 0) is 9.53 Å². The number of amides is 1. The Hall–Kier alpha value is -2.28. The fraction of sp³-hybridized carbons (Fsp3) is 0.333. The van der Waals surface area contributed by atoms with Crippen molar-refractivity contribution in [2.45, 2.75) is 19.9 Å². The highest BCUT2D eigenvalue weighted by Gasteiger charge is 2.23. The van der Waals surface area contributed by atoms with Gasteiger partial charge >= 0.3 is 0 Å². The second kappa shape index (κ2) is 7.76. The molecule has 0 bridgehead atoms. The molecule has 0 spiro atoms. The minimum atomic E-state index is -0.166. The number of benzene rings is 2. The van der Waals surface area contributed by atoms with Crippen LogP contribution in [0.2, 0.25) is 0 Å². The summed E-state index contributed by atoms with van der Waals surface area (Å²) in [7, 11) is 0. The molecule has 2 aromatic carbocycles. The fourth-order valence-corrected chi connectivity index (χ4v) is 4.30. The highest BCUT2D eigenvalue weighted by molar-refractivity contribution is 7.21. The minimum Gasteiger partial charge on any atom is -0.379 e. The lowest BCUT2D eigenvalue weighted by molar-refractivity contribution is -0.122. The van der Waals surface area contributed by atoms with Crippen LogP contribution in [0.1, 0.15) is 12.5 Å². The molecular weight excluding hydrogens is 358 g/mol. The van der Waals surface area contributed by atoms with Crippen molar-refractivity contribution in [1.29, 1.82) is 0 Å². The first-order valence-electron chi connectivity index (χ1n) is 9.20. The second-order valence-electron chi connectivity index (χ2n) is 6.88. The summed E-state index contributed by atoms with van der Waals surface area (Å²) in [6, 6.07) is 14.1. The van der Waals surface area contributed by atoms with Crippen LogP contribution in [-0.4, -0.2) is 48.1 Å². The summed E-state index contributed by atoms with van der Waals surface area (Å²) in [5.41, 5.74) is 4.14. The van der Waals surface area contributed by atoms with E-state index in [1.807, 2.05) is 31.2 Å². The molecule has 0 unspecified atom stereocenters. The summed E-state index contributed by atoms with van der Waals surface area (Å²) in [6.45, 7) is 7.00. The lowest BCUT2D eigenvalue weighted by atomic mass is 10.2. The SMILES string of the molecule is Cc1ccc2nc(-c3ccc(NC(=O)[C@H](C)N4CCOCC4)cc3)sc2c1. The molecule has 0 saturated carbocycles. The number of thiazole rings is 1. The maximum Gasteiger partial charge on any atom is 0.241 e. The quantitative estimate of drug-likeness (QED) is 0.744. The van der Waals surface area contributed by atoms with Gasteiger partial charge in [0.1, 0.15) is 5.01 Å². The molecule has 0 aliphatic carbocycles. The number of carbonyl (C=O) groups excluding carboxylic acids is 1. The number of aryl methyl sites for hydroxylation is 1. The van der Waals surface area contributed by atoms with Crippen LogP contribution in [0, 0.1) is 6.92 Å². The standard InChI is InChI=1S/C21H23N3O2S/c1-14-3-8-18-19(13-14)27-21(23-18)16-4-6-17(7-5-16)22-20(25)15(2)24-9-11-26-12-10-24/h3-8,13,15H,9-12H2,1-2H3,(H,22,25)/t15-/m0/s1. The normalized spacial score (nSPS) is 16.4. The van der Waals surface area contributed by atoms with E-state index >= 15 is 0 Å². The first-order chi connectivity index (χ1) is 13.1. The molecule has 5 nitrogen and oxygen atoms in total. The summed E-state index contributed by atoms with van der Waals surface area (Å²) < 4.78 is 6.55. The van der Waals surface area contributed by atoms with Gasteiger partial charge in [0.05, 0.1) is 29.5 Å². The number of nitrogens with one attached hydrogen (secondary N) is 1. The highest BCUT2D eigenvalue weighted by atomic mass is 32.1. The van der Waals surface area contributed by atoms with Gasteiger partial charge in [-0.1, -0.05) is 6.07 Å². The lowest BCUT2D eigenvalue weighted by Crippen LogP contribution is -2.47. The zero-order valence-electron chi connectivity index (χ0n) is 15.6. The van der Waals surface area contributed by atoms with Crippen molar-refractivity contribution >= 4 is 33.1 Å². The van der Waals surface area contributed by atoms with Gasteiger partial charge in [-0.25, -0.2) is 4.98 Å². The molecule has 1 amide bonds. The van der Waals surface area contributed by atoms with Gasteiger partial charge in [-0.15, -0.1) is 11.3 Å². The van der Waals surface area contributed by atoms with Crippen LogP contribution in [0.3, 0.4) is 0 Å². The number of nitrogens with zero attached hydrogens (tertiary/aromatic N) is 2. The van der Waals surface area contributed by atoms with Crippen molar-refractivity contribution in [3.05, 3.63) is 48.0 Å². The Morgan fingerprint density at radius 3 is 2.67 bits per heavy atom. The van der Waals surface area contributed by atoms with Crippen LogP contribution in [0.25, 0.3) is 20.8 Å². The van der Waals surface area contributed by atoms with Crippen molar-refractivity contribution in [2.24, 2.45) is 0 Å². The first kappa shape index (κ1) is 18.1. The zero-order valence-corrected chi connectivity index (χ0v) is 16.4. The second-order valence-corrected chi connectivity index (χ2v) is 7.91. The average molecular weight is 382 g/mol. The molecule has 1 N–H and O–H groups in total. The molecule has 1 fully saturated rings. The third-order valence-corrected chi connectivity index (χ3v) is 5.98. The van der Waals surface area contributed by atoms with Gasteiger partial charge in [0.15, 0.2) is 0 Å². The van der Waals surface area contributed by atoms with E-state index in [-0.39, 0.29) is 11.9 Å². The van der Waals surface area contributed by atoms with Crippen molar-refractivity contribution in [1.82, 2.24) is 9.88 Å². The number of carbonyl (C=O) groups is 1. The van der Waals surface area contributed by atoms with Gasteiger partial charge in [0, 0.05) is 24.3 Å². The number of rotatable bonds is 4. The van der Waals surface area contributed by atoms with E-state index in [0.29, 0.717) is 13.2 Å². The Labute approximate surface area is 163 Å². The van der Waals surface area contributed by atoms with Crippen molar-refractivity contribution in [3.63, 3.8) is 0 Å². The third-order valence-electron chi connectivity index (χ3n) is 4.92. The molecule has 27 heavy (non-hydrogen) atoms. The molecule has 2 heterocycles. The molecule has 1 atom stereocenters. The molecule has 1 aromatic heterocycles. The molecule has 1 aliphatic heterocycles. The van der Waals surface area contributed by atoms with Gasteiger partial charge in [-0.3, -0.25) is 9.69 Å². The van der Waals surface area contributed by atoms with E-state index in [1.165, 1.54) is 10.3 Å². The van der Waals surface area contributed by atoms with Crippen LogP contribution in [0.15, 0.2) is 42.5 Å². The first-order valence-corrected chi connectivity index (χ1v) is 10.0. The number of hydrogen-bond donors (Lipinski definition) is 1. The molecule has 1 saturated heterocycles. The molecule has 6 heteroatoms. The molecule has 4 rings (SSSR count). The number of morpholine rings is 1. The summed E-state index contributed by atoms with van der Waals surface area (Å²) in [5.74, 6) is 0.0140. The Kier molecular flexibility index (Phi) is 5.20. The number of anilines is 1. The molecule has 140 valence electrons. The van der Waals surface area contributed by atoms with Gasteiger partial charge in [-0.05, 0) is 55.8 Å². The van der Waals surface area contributed by atoms with E-state index in [2.05, 4.69) is 35.3 Å². The largest absolute Gasteiger partial charge is 0.379 e. The van der Waals surface area contributed by atoms with Crippen LogP contribution in [0.4, 0.5) is 5.69 Å². The Bertz CT molecular complexity index is 946. The summed E-state index contributed by atoms with van der Waals surface area (Å²) in [5, 5.41) is 4.01. The highest BCUT2D eigenvalue weighted by Crippen LogP contribution is 2.31. The monoisotopic (exact) mass is 381 g/mol. The zero-order chi connectivity index (χ0) is 18.8. The van der Waals surface area contributed by atoms with Crippen LogP contribution < -0.4 is 5.32 Å². The van der Waals surface area contributed by atoms with E-state index in [9.17, 15) is 4.79 Å². The van der Waals surface area contributed by atoms with Gasteiger partial charge < -0.3 is 10.1 Å². The fourth-order valence-electron chi connectivity index (χ4n) is 3.23. The minimum absolute atomic E-state index is 0.0140. The van der Waals surface area contributed by atoms with Crippen molar-refractivity contribution < 1.29 is 9.53 Å². The topological polar surface area (TPSA) is 54.5 Å². The summed E-state index contributed by atoms with van der Waals surface area (Å²) >= 11 is 1.69. The van der Waals surface area contributed by atoms with Crippen molar-refractivity contribution in [2.75, 3.05) is 31.6 Å². The van der Waals surface area contributed by atoms with Gasteiger partial charge in [0.25, 0.3) is 0 Å². The van der Waals surface area contributed by atoms with E-state index < -0.39 is 0 Å². The number of fused-ring (bicyclic) bond motifs is 1. The molecular formula is C21H23N3O2S. The smallest absolute Gasteiger partial charge is 0.241 e. The predicted molar refractivity (Wildman–Crippen MR) is 110 cm³/mol. The van der Waals surface area contributed by atoms with Gasteiger partial charge in [-0.2, -0.15) is 0 Å². The van der Waals surface area contributed by atoms with E-state index in [4.69, 9.17) is 9.72 Å². The maximum absolute atomic E-state index is 12.5. The summed E-state index contributed by atoms with van der Waals surface area (Å²) in [6.07, 6.45) is 0.